The minimum absolute atomic E-state index is 0.00406. The lowest BCUT2D eigenvalue weighted by Gasteiger charge is -2.40. The number of hydrogen-bond acceptors (Lipinski definition) is 3. The van der Waals surface area contributed by atoms with Crippen molar-refractivity contribution in [3.63, 3.8) is 0 Å². The topological polar surface area (TPSA) is 30.3 Å². The van der Waals surface area contributed by atoms with E-state index in [1.165, 1.54) is 19.4 Å². The Bertz CT molecular complexity index is 265. The SMILES string of the molecule is CN1CCC(N(C)CC2(C#N)CCC2)C1. The minimum atomic E-state index is -0.00406. The third-order valence-corrected chi connectivity index (χ3v) is 4.09. The van der Waals surface area contributed by atoms with Gasteiger partial charge < -0.3 is 9.80 Å². The summed E-state index contributed by atoms with van der Waals surface area (Å²) in [5.41, 5.74) is -0.00406. The molecular formula is C12H21N3. The Morgan fingerprint density at radius 3 is 2.67 bits per heavy atom. The molecule has 1 saturated heterocycles. The van der Waals surface area contributed by atoms with E-state index in [1.54, 1.807) is 0 Å². The Labute approximate surface area is 92.7 Å². The van der Waals surface area contributed by atoms with Crippen molar-refractivity contribution in [2.24, 2.45) is 5.41 Å². The van der Waals surface area contributed by atoms with Crippen LogP contribution >= 0.6 is 0 Å². The van der Waals surface area contributed by atoms with Gasteiger partial charge in [0.05, 0.1) is 11.5 Å². The third-order valence-electron chi connectivity index (χ3n) is 4.09. The maximum Gasteiger partial charge on any atom is 0.0703 e. The summed E-state index contributed by atoms with van der Waals surface area (Å²) >= 11 is 0. The van der Waals surface area contributed by atoms with Gasteiger partial charge in [0.2, 0.25) is 0 Å². The van der Waals surface area contributed by atoms with Crippen molar-refractivity contribution in [1.82, 2.24) is 9.80 Å². The Morgan fingerprint density at radius 1 is 1.53 bits per heavy atom. The summed E-state index contributed by atoms with van der Waals surface area (Å²) in [5.74, 6) is 0. The van der Waals surface area contributed by atoms with Crippen molar-refractivity contribution in [2.75, 3.05) is 33.7 Å². The number of likely N-dealkylation sites (N-methyl/N-ethyl adjacent to an activating group) is 2. The molecule has 1 aliphatic heterocycles. The summed E-state index contributed by atoms with van der Waals surface area (Å²) in [6.07, 6.45) is 4.72. The summed E-state index contributed by atoms with van der Waals surface area (Å²) in [4.78, 5) is 4.78. The molecule has 0 aromatic carbocycles. The van der Waals surface area contributed by atoms with E-state index in [4.69, 9.17) is 0 Å². The normalized spacial score (nSPS) is 30.1. The molecule has 0 radical (unpaired) electrons. The molecule has 84 valence electrons. The van der Waals surface area contributed by atoms with Crippen LogP contribution in [0.15, 0.2) is 0 Å². The van der Waals surface area contributed by atoms with Crippen LogP contribution in [0.4, 0.5) is 0 Å². The third kappa shape index (κ3) is 2.16. The van der Waals surface area contributed by atoms with Crippen LogP contribution in [0.2, 0.25) is 0 Å². The lowest BCUT2D eigenvalue weighted by atomic mass is 9.69. The predicted molar refractivity (Wildman–Crippen MR) is 60.4 cm³/mol. The lowest BCUT2D eigenvalue weighted by Crippen LogP contribution is -2.44. The molecule has 0 amide bonds. The van der Waals surface area contributed by atoms with Crippen molar-refractivity contribution in [1.29, 1.82) is 5.26 Å². The van der Waals surface area contributed by atoms with E-state index in [-0.39, 0.29) is 5.41 Å². The molecule has 1 saturated carbocycles. The molecule has 3 heteroatoms. The van der Waals surface area contributed by atoms with Crippen molar-refractivity contribution < 1.29 is 0 Å². The van der Waals surface area contributed by atoms with Gasteiger partial charge in [-0.3, -0.25) is 0 Å². The van der Waals surface area contributed by atoms with Gasteiger partial charge in [0.25, 0.3) is 0 Å². The molecule has 1 unspecified atom stereocenters. The average molecular weight is 207 g/mol. The van der Waals surface area contributed by atoms with Crippen LogP contribution in [0.5, 0.6) is 0 Å². The molecule has 2 fully saturated rings. The summed E-state index contributed by atoms with van der Waals surface area (Å²) < 4.78 is 0. The standard InChI is InChI=1S/C12H21N3/c1-14-7-4-11(8-14)15(2)10-12(9-13)5-3-6-12/h11H,3-8,10H2,1-2H3. The number of nitrogens with zero attached hydrogens (tertiary/aromatic N) is 3. The van der Waals surface area contributed by atoms with E-state index in [0.29, 0.717) is 6.04 Å². The summed E-state index contributed by atoms with van der Waals surface area (Å²) in [5, 5.41) is 9.19. The molecule has 1 aliphatic carbocycles. The van der Waals surface area contributed by atoms with E-state index in [1.807, 2.05) is 0 Å². The zero-order valence-corrected chi connectivity index (χ0v) is 9.87. The first-order chi connectivity index (χ1) is 7.15. The highest BCUT2D eigenvalue weighted by atomic mass is 15.2. The van der Waals surface area contributed by atoms with Crippen LogP contribution in [0.1, 0.15) is 25.7 Å². The second kappa shape index (κ2) is 4.11. The monoisotopic (exact) mass is 207 g/mol. The molecule has 2 aliphatic rings. The van der Waals surface area contributed by atoms with Crippen molar-refractivity contribution >= 4 is 0 Å². The van der Waals surface area contributed by atoms with E-state index >= 15 is 0 Å². The van der Waals surface area contributed by atoms with Gasteiger partial charge >= 0.3 is 0 Å². The molecule has 0 aromatic heterocycles. The summed E-state index contributed by atoms with van der Waals surface area (Å²) in [6, 6.07) is 3.19. The average Bonchev–Trinajstić information content (AvgIpc) is 2.58. The van der Waals surface area contributed by atoms with Crippen LogP contribution in [-0.2, 0) is 0 Å². The number of rotatable bonds is 3. The Morgan fingerprint density at radius 2 is 2.27 bits per heavy atom. The fourth-order valence-electron chi connectivity index (χ4n) is 2.79. The largest absolute Gasteiger partial charge is 0.305 e. The zero-order chi connectivity index (χ0) is 10.9. The van der Waals surface area contributed by atoms with E-state index < -0.39 is 0 Å². The van der Waals surface area contributed by atoms with Gasteiger partial charge in [-0.25, -0.2) is 0 Å². The highest BCUT2D eigenvalue weighted by molar-refractivity contribution is 5.06. The van der Waals surface area contributed by atoms with Crippen molar-refractivity contribution in [3.8, 4) is 6.07 Å². The molecule has 0 spiro atoms. The highest BCUT2D eigenvalue weighted by Crippen LogP contribution is 2.41. The van der Waals surface area contributed by atoms with Gasteiger partial charge in [-0.2, -0.15) is 5.26 Å². The number of likely N-dealkylation sites (tertiary alicyclic amines) is 1. The van der Waals surface area contributed by atoms with Gasteiger partial charge in [-0.1, -0.05) is 6.42 Å². The maximum atomic E-state index is 9.19. The highest BCUT2D eigenvalue weighted by Gasteiger charge is 2.39. The first-order valence-corrected chi connectivity index (χ1v) is 5.95. The first kappa shape index (κ1) is 10.9. The molecule has 15 heavy (non-hydrogen) atoms. The minimum Gasteiger partial charge on any atom is -0.305 e. The van der Waals surface area contributed by atoms with E-state index in [9.17, 15) is 5.26 Å². The molecular weight excluding hydrogens is 186 g/mol. The molecule has 3 nitrogen and oxygen atoms in total. The molecule has 0 aromatic rings. The zero-order valence-electron chi connectivity index (χ0n) is 9.87. The second-order valence-electron chi connectivity index (χ2n) is 5.37. The predicted octanol–water partition coefficient (Wildman–Crippen LogP) is 1.32. The van der Waals surface area contributed by atoms with Gasteiger partial charge in [0.1, 0.15) is 0 Å². The van der Waals surface area contributed by atoms with Crippen LogP contribution in [0.3, 0.4) is 0 Å². The summed E-state index contributed by atoms with van der Waals surface area (Å²) in [6.45, 7) is 3.34. The van der Waals surface area contributed by atoms with Gasteiger partial charge in [0, 0.05) is 19.1 Å². The lowest BCUT2D eigenvalue weighted by molar-refractivity contribution is 0.111. The number of nitriles is 1. The smallest absolute Gasteiger partial charge is 0.0703 e. The fourth-order valence-corrected chi connectivity index (χ4v) is 2.79. The van der Waals surface area contributed by atoms with Crippen molar-refractivity contribution in [3.05, 3.63) is 0 Å². The van der Waals surface area contributed by atoms with E-state index in [0.717, 1.165) is 25.9 Å². The maximum absolute atomic E-state index is 9.19. The summed E-state index contributed by atoms with van der Waals surface area (Å²) in [7, 11) is 4.36. The molecule has 1 heterocycles. The van der Waals surface area contributed by atoms with Gasteiger partial charge in [-0.15, -0.1) is 0 Å². The quantitative estimate of drug-likeness (QED) is 0.699. The molecule has 1 atom stereocenters. The van der Waals surface area contributed by atoms with E-state index in [2.05, 4.69) is 30.0 Å². The van der Waals surface area contributed by atoms with Gasteiger partial charge in [-0.05, 0) is 39.9 Å². The van der Waals surface area contributed by atoms with Crippen LogP contribution < -0.4 is 0 Å². The Balaban J connectivity index is 1.86. The Hall–Kier alpha value is -0.590. The second-order valence-corrected chi connectivity index (χ2v) is 5.37. The van der Waals surface area contributed by atoms with Crippen molar-refractivity contribution in [2.45, 2.75) is 31.7 Å². The Kier molecular flexibility index (Phi) is 2.99. The number of hydrogen-bond donors (Lipinski definition) is 0. The molecule has 0 bridgehead atoms. The molecule has 2 rings (SSSR count). The first-order valence-electron chi connectivity index (χ1n) is 5.95. The molecule has 0 N–H and O–H groups in total. The van der Waals surface area contributed by atoms with Gasteiger partial charge in [0.15, 0.2) is 0 Å². The van der Waals surface area contributed by atoms with Crippen LogP contribution in [0, 0.1) is 16.7 Å². The van der Waals surface area contributed by atoms with Crippen LogP contribution in [-0.4, -0.2) is 49.6 Å². The fraction of sp³-hybridized carbons (Fsp3) is 0.917. The van der Waals surface area contributed by atoms with Crippen LogP contribution in [0.25, 0.3) is 0 Å².